The van der Waals surface area contributed by atoms with Crippen molar-refractivity contribution in [1.29, 1.82) is 0 Å². The van der Waals surface area contributed by atoms with Crippen molar-refractivity contribution < 1.29 is 32.9 Å². The Balaban J connectivity index is 3.94. The molecule has 3 unspecified atom stereocenters. The van der Waals surface area contributed by atoms with Crippen LogP contribution in [0.15, 0.2) is 24.3 Å². The van der Waals surface area contributed by atoms with Crippen molar-refractivity contribution in [2.24, 2.45) is 0 Å². The number of hydrogen-bond donors (Lipinski definition) is 2. The number of unbranched alkanes of at least 4 members (excludes halogenated alkanes) is 55. The van der Waals surface area contributed by atoms with E-state index in [1.165, 1.54) is 334 Å². The van der Waals surface area contributed by atoms with Crippen LogP contribution in [0.2, 0.25) is 0 Å². The van der Waals surface area contributed by atoms with Gasteiger partial charge < -0.3 is 28.8 Å². The molecule has 0 radical (unpaired) electrons. The summed E-state index contributed by atoms with van der Waals surface area (Å²) in [6, 6.07) is -0.902. The number of carbonyl (C=O) groups is 1. The van der Waals surface area contributed by atoms with E-state index in [1.807, 2.05) is 27.2 Å². The number of rotatable bonds is 70. The van der Waals surface area contributed by atoms with Gasteiger partial charge in [0, 0.05) is 6.42 Å². The zero-order valence-corrected chi connectivity index (χ0v) is 57.6. The molecule has 0 aromatic rings. The van der Waals surface area contributed by atoms with Crippen LogP contribution in [-0.2, 0) is 18.4 Å². The monoisotopic (exact) mass is 1190 g/mol. The Bertz CT molecular complexity index is 1400. The standard InChI is InChI=1S/C74H147N2O6P/c1-6-8-10-12-14-16-18-20-22-24-26-28-30-31-32-33-34-35-36-37-38-39-40-41-42-43-44-46-48-50-52-54-56-58-60-62-64-66-68-74(78)75-72(71-82-83(79,80)81-70-69-76(3,4)5)73(77)67-65-63-61-59-57-55-53-51-49-47-45-29-27-25-23-21-19-17-15-13-11-9-7-2/h57,59,65,67,72-73,77H,6-56,58,60-64,66,68-71H2,1-5H3,(H-,75,78,79,80)/b59-57+,67-65+. The molecule has 0 aromatic heterocycles. The molecule has 0 saturated carbocycles. The summed E-state index contributed by atoms with van der Waals surface area (Å²) in [5, 5.41) is 13.9. The second-order valence-electron chi connectivity index (χ2n) is 27.0. The van der Waals surface area contributed by atoms with E-state index in [-0.39, 0.29) is 19.1 Å². The number of nitrogens with zero attached hydrogens (tertiary/aromatic N) is 1. The first-order valence-electron chi connectivity index (χ1n) is 37.2. The largest absolute Gasteiger partial charge is 0.756 e. The van der Waals surface area contributed by atoms with Crippen LogP contribution in [0.1, 0.15) is 393 Å². The third-order valence-electron chi connectivity index (χ3n) is 17.4. The minimum atomic E-state index is -4.61. The summed E-state index contributed by atoms with van der Waals surface area (Å²) in [6.07, 6.45) is 86.3. The van der Waals surface area contributed by atoms with E-state index in [0.717, 1.165) is 38.5 Å². The van der Waals surface area contributed by atoms with Crippen molar-refractivity contribution in [2.45, 2.75) is 405 Å². The van der Waals surface area contributed by atoms with Gasteiger partial charge in [-0.15, -0.1) is 0 Å². The maximum atomic E-state index is 13.0. The van der Waals surface area contributed by atoms with Gasteiger partial charge in [0.2, 0.25) is 5.91 Å². The highest BCUT2D eigenvalue weighted by atomic mass is 31.2. The van der Waals surface area contributed by atoms with Crippen molar-refractivity contribution in [1.82, 2.24) is 5.32 Å². The van der Waals surface area contributed by atoms with Gasteiger partial charge >= 0.3 is 0 Å². The van der Waals surface area contributed by atoms with Crippen LogP contribution in [0, 0.1) is 0 Å². The summed E-state index contributed by atoms with van der Waals surface area (Å²) >= 11 is 0. The number of hydrogen-bond acceptors (Lipinski definition) is 6. The molecule has 0 spiro atoms. The highest BCUT2D eigenvalue weighted by Crippen LogP contribution is 2.38. The average Bonchev–Trinajstić information content (AvgIpc) is 3.49. The molecule has 0 aliphatic rings. The number of amides is 1. The second kappa shape index (κ2) is 65.4. The van der Waals surface area contributed by atoms with Crippen LogP contribution in [0.5, 0.6) is 0 Å². The van der Waals surface area contributed by atoms with E-state index in [0.29, 0.717) is 17.4 Å². The molecule has 2 N–H and O–H groups in total. The van der Waals surface area contributed by atoms with E-state index in [1.54, 1.807) is 6.08 Å². The number of phosphoric acid groups is 1. The van der Waals surface area contributed by atoms with Crippen LogP contribution in [0.25, 0.3) is 0 Å². The van der Waals surface area contributed by atoms with Crippen molar-refractivity contribution in [2.75, 3.05) is 40.9 Å². The molecule has 0 aliphatic heterocycles. The maximum Gasteiger partial charge on any atom is 0.268 e. The van der Waals surface area contributed by atoms with Gasteiger partial charge in [-0.25, -0.2) is 0 Å². The average molecular weight is 1190 g/mol. The fraction of sp³-hybridized carbons (Fsp3) is 0.932. The van der Waals surface area contributed by atoms with Crippen LogP contribution in [0.4, 0.5) is 0 Å². The number of quaternary nitrogens is 1. The predicted molar refractivity (Wildman–Crippen MR) is 362 cm³/mol. The number of phosphoric ester groups is 1. The van der Waals surface area contributed by atoms with E-state index in [4.69, 9.17) is 9.05 Å². The van der Waals surface area contributed by atoms with Gasteiger partial charge in [0.15, 0.2) is 0 Å². The number of allylic oxidation sites excluding steroid dienone is 3. The normalized spacial score (nSPS) is 13.7. The number of carbonyl (C=O) groups excluding carboxylic acids is 1. The molecular weight excluding hydrogens is 1040 g/mol. The van der Waals surface area contributed by atoms with Crippen molar-refractivity contribution in [3.63, 3.8) is 0 Å². The molecule has 0 bridgehead atoms. The Morgan fingerprint density at radius 1 is 0.410 bits per heavy atom. The Morgan fingerprint density at radius 3 is 0.976 bits per heavy atom. The lowest BCUT2D eigenvalue weighted by molar-refractivity contribution is -0.870. The molecular formula is C74H147N2O6P. The molecule has 494 valence electrons. The van der Waals surface area contributed by atoms with Gasteiger partial charge in [0.05, 0.1) is 39.9 Å². The quantitative estimate of drug-likeness (QED) is 0.0272. The topological polar surface area (TPSA) is 108 Å². The molecule has 0 aromatic carbocycles. The first-order valence-corrected chi connectivity index (χ1v) is 38.7. The number of nitrogens with one attached hydrogen (secondary N) is 1. The van der Waals surface area contributed by atoms with E-state index in [9.17, 15) is 19.4 Å². The van der Waals surface area contributed by atoms with Crippen LogP contribution in [-0.4, -0.2) is 68.5 Å². The predicted octanol–water partition coefficient (Wildman–Crippen LogP) is 23.2. The summed E-state index contributed by atoms with van der Waals surface area (Å²) < 4.78 is 23.4. The summed E-state index contributed by atoms with van der Waals surface area (Å²) in [7, 11) is 1.26. The molecule has 9 heteroatoms. The maximum absolute atomic E-state index is 13.0. The molecule has 0 aliphatic carbocycles. The highest BCUT2D eigenvalue weighted by molar-refractivity contribution is 7.45. The lowest BCUT2D eigenvalue weighted by Crippen LogP contribution is -2.45. The van der Waals surface area contributed by atoms with Gasteiger partial charge in [-0.1, -0.05) is 378 Å². The molecule has 8 nitrogen and oxygen atoms in total. The molecule has 0 rings (SSSR count). The van der Waals surface area contributed by atoms with Gasteiger partial charge in [-0.05, 0) is 32.1 Å². The number of aliphatic hydroxyl groups excluding tert-OH is 1. The summed E-state index contributed by atoms with van der Waals surface area (Å²) in [5.74, 6) is -0.198. The Kier molecular flexibility index (Phi) is 64.6. The van der Waals surface area contributed by atoms with Crippen LogP contribution < -0.4 is 10.2 Å². The zero-order valence-electron chi connectivity index (χ0n) is 56.7. The minimum absolute atomic E-state index is 0.00341. The molecule has 1 amide bonds. The van der Waals surface area contributed by atoms with Crippen LogP contribution >= 0.6 is 7.82 Å². The molecule has 83 heavy (non-hydrogen) atoms. The fourth-order valence-corrected chi connectivity index (χ4v) is 12.4. The zero-order chi connectivity index (χ0) is 60.5. The lowest BCUT2D eigenvalue weighted by Gasteiger charge is -2.29. The Hall–Kier alpha value is -1.02. The van der Waals surface area contributed by atoms with Crippen molar-refractivity contribution in [3.8, 4) is 0 Å². The summed E-state index contributed by atoms with van der Waals surface area (Å²) in [5.41, 5.74) is 0. The number of likely N-dealkylation sites (N-methyl/N-ethyl adjacent to an activating group) is 1. The van der Waals surface area contributed by atoms with Crippen molar-refractivity contribution >= 4 is 13.7 Å². The van der Waals surface area contributed by atoms with Gasteiger partial charge in [0.1, 0.15) is 13.2 Å². The van der Waals surface area contributed by atoms with E-state index >= 15 is 0 Å². The lowest BCUT2D eigenvalue weighted by atomic mass is 10.0. The first kappa shape index (κ1) is 82.0. The van der Waals surface area contributed by atoms with Gasteiger partial charge in [-0.2, -0.15) is 0 Å². The highest BCUT2D eigenvalue weighted by Gasteiger charge is 2.23. The fourth-order valence-electron chi connectivity index (χ4n) is 11.6. The molecule has 0 fully saturated rings. The third-order valence-corrected chi connectivity index (χ3v) is 18.4. The third kappa shape index (κ3) is 68.3. The van der Waals surface area contributed by atoms with E-state index in [2.05, 4.69) is 31.3 Å². The van der Waals surface area contributed by atoms with E-state index < -0.39 is 20.0 Å². The minimum Gasteiger partial charge on any atom is -0.756 e. The van der Waals surface area contributed by atoms with Crippen LogP contribution in [0.3, 0.4) is 0 Å². The van der Waals surface area contributed by atoms with Gasteiger partial charge in [0.25, 0.3) is 7.82 Å². The van der Waals surface area contributed by atoms with Crippen molar-refractivity contribution in [3.05, 3.63) is 24.3 Å². The number of aliphatic hydroxyl groups is 1. The Morgan fingerprint density at radius 2 is 0.675 bits per heavy atom. The first-order chi connectivity index (χ1) is 40.5. The smallest absolute Gasteiger partial charge is 0.268 e. The SMILES string of the molecule is CCCCCCCCCCCCCCCCCCC/C=C/CC/C=C/C(O)C(COP(=O)([O-])OCC[N+](C)(C)C)NC(=O)CCCCCCCCCCCCCCCCCCCCCCCCCCCCCCCCCCCCCCCC. The Labute approximate surface area is 519 Å². The summed E-state index contributed by atoms with van der Waals surface area (Å²) in [6.45, 7) is 4.70. The second-order valence-corrected chi connectivity index (χ2v) is 28.4. The molecule has 0 saturated heterocycles. The molecule has 3 atom stereocenters. The molecule has 0 heterocycles. The van der Waals surface area contributed by atoms with Gasteiger partial charge in [-0.3, -0.25) is 9.36 Å². The summed E-state index contributed by atoms with van der Waals surface area (Å²) in [4.78, 5) is 25.6.